The number of nitrogens with one attached hydrogen (secondary N) is 1. The van der Waals surface area contributed by atoms with Gasteiger partial charge in [-0.2, -0.15) is 0 Å². The normalized spacial score (nSPS) is 14.3. The number of aromatic nitrogens is 1. The fourth-order valence-corrected chi connectivity index (χ4v) is 3.04. The van der Waals surface area contributed by atoms with Crippen LogP contribution in [0.5, 0.6) is 0 Å². The quantitative estimate of drug-likeness (QED) is 0.847. The van der Waals surface area contributed by atoms with Crippen LogP contribution in [0, 0.1) is 0 Å². The number of pyridine rings is 1. The number of aromatic amines is 1. The number of carbonyl (C=O) groups excluding carboxylic acids is 1. The fraction of sp³-hybridized carbons (Fsp3) is 0.231. The monoisotopic (exact) mass is 260 g/mol. The molecule has 0 fully saturated rings. The highest BCUT2D eigenvalue weighted by atomic mass is 32.1. The first-order valence-electron chi connectivity index (χ1n) is 5.77. The van der Waals surface area contributed by atoms with Crippen molar-refractivity contribution in [3.8, 4) is 0 Å². The Bertz CT molecular complexity index is 624. The highest BCUT2D eigenvalue weighted by molar-refractivity contribution is 7.10. The molecule has 0 radical (unpaired) electrons. The second-order valence-corrected chi connectivity index (χ2v) is 5.29. The summed E-state index contributed by atoms with van der Waals surface area (Å²) in [4.78, 5) is 29.0. The summed E-state index contributed by atoms with van der Waals surface area (Å²) in [5, 5.41) is 2.07. The third-order valence-corrected chi connectivity index (χ3v) is 4.15. The molecular weight excluding hydrogens is 248 g/mol. The van der Waals surface area contributed by atoms with E-state index < -0.39 is 0 Å². The number of fused-ring (bicyclic) bond motifs is 1. The van der Waals surface area contributed by atoms with Crippen LogP contribution in [0.25, 0.3) is 0 Å². The van der Waals surface area contributed by atoms with E-state index in [4.69, 9.17) is 0 Å². The SMILES string of the molecule is O=C(c1ccc(=O)[nH]c1)N1CCc2sccc2C1. The molecule has 1 amide bonds. The van der Waals surface area contributed by atoms with Crippen molar-refractivity contribution >= 4 is 17.2 Å². The number of hydrogen-bond acceptors (Lipinski definition) is 3. The van der Waals surface area contributed by atoms with E-state index in [0.717, 1.165) is 13.0 Å². The summed E-state index contributed by atoms with van der Waals surface area (Å²) in [7, 11) is 0. The lowest BCUT2D eigenvalue weighted by atomic mass is 10.1. The van der Waals surface area contributed by atoms with E-state index in [1.54, 1.807) is 17.4 Å². The second kappa shape index (κ2) is 4.42. The number of rotatable bonds is 1. The Kier molecular flexibility index (Phi) is 2.76. The van der Waals surface area contributed by atoms with Crippen molar-refractivity contribution in [2.24, 2.45) is 0 Å². The van der Waals surface area contributed by atoms with Crippen LogP contribution in [0.2, 0.25) is 0 Å². The Morgan fingerprint density at radius 1 is 1.33 bits per heavy atom. The van der Waals surface area contributed by atoms with Gasteiger partial charge in [-0.15, -0.1) is 11.3 Å². The molecule has 0 spiro atoms. The van der Waals surface area contributed by atoms with Gasteiger partial charge < -0.3 is 9.88 Å². The topological polar surface area (TPSA) is 53.2 Å². The van der Waals surface area contributed by atoms with E-state index in [-0.39, 0.29) is 11.5 Å². The lowest BCUT2D eigenvalue weighted by molar-refractivity contribution is 0.0735. The second-order valence-electron chi connectivity index (χ2n) is 4.29. The van der Waals surface area contributed by atoms with E-state index in [1.165, 1.54) is 22.7 Å². The van der Waals surface area contributed by atoms with Crippen molar-refractivity contribution in [1.82, 2.24) is 9.88 Å². The summed E-state index contributed by atoms with van der Waals surface area (Å²) in [6, 6.07) is 5.03. The van der Waals surface area contributed by atoms with Crippen molar-refractivity contribution in [2.75, 3.05) is 6.54 Å². The van der Waals surface area contributed by atoms with Crippen molar-refractivity contribution in [3.05, 3.63) is 56.1 Å². The van der Waals surface area contributed by atoms with E-state index in [2.05, 4.69) is 16.4 Å². The first-order chi connectivity index (χ1) is 8.74. The molecule has 92 valence electrons. The van der Waals surface area contributed by atoms with E-state index in [1.807, 2.05) is 4.90 Å². The number of carbonyl (C=O) groups is 1. The number of hydrogen-bond donors (Lipinski definition) is 1. The van der Waals surface area contributed by atoms with Crippen molar-refractivity contribution in [3.63, 3.8) is 0 Å². The highest BCUT2D eigenvalue weighted by Gasteiger charge is 2.22. The van der Waals surface area contributed by atoms with E-state index >= 15 is 0 Å². The van der Waals surface area contributed by atoms with Gasteiger partial charge in [0, 0.05) is 30.2 Å². The maximum atomic E-state index is 12.2. The minimum atomic E-state index is -0.190. The zero-order valence-corrected chi connectivity index (χ0v) is 10.5. The van der Waals surface area contributed by atoms with Gasteiger partial charge in [0.05, 0.1) is 5.56 Å². The number of H-pyrrole nitrogens is 1. The summed E-state index contributed by atoms with van der Waals surface area (Å²) < 4.78 is 0. The van der Waals surface area contributed by atoms with Gasteiger partial charge in [0.1, 0.15) is 0 Å². The van der Waals surface area contributed by atoms with Crippen molar-refractivity contribution in [1.29, 1.82) is 0 Å². The van der Waals surface area contributed by atoms with Gasteiger partial charge in [0.15, 0.2) is 0 Å². The van der Waals surface area contributed by atoms with Crippen LogP contribution >= 0.6 is 11.3 Å². The zero-order valence-electron chi connectivity index (χ0n) is 9.68. The molecule has 0 unspecified atom stereocenters. The Labute approximate surface area is 108 Å². The minimum absolute atomic E-state index is 0.0249. The molecule has 4 nitrogen and oxygen atoms in total. The molecule has 18 heavy (non-hydrogen) atoms. The smallest absolute Gasteiger partial charge is 0.255 e. The molecule has 5 heteroatoms. The molecule has 0 aliphatic carbocycles. The molecule has 3 rings (SSSR count). The minimum Gasteiger partial charge on any atom is -0.334 e. The molecule has 0 atom stereocenters. The maximum Gasteiger partial charge on any atom is 0.255 e. The molecule has 1 N–H and O–H groups in total. The van der Waals surface area contributed by atoms with Crippen LogP contribution < -0.4 is 5.56 Å². The predicted molar refractivity (Wildman–Crippen MR) is 69.8 cm³/mol. The fourth-order valence-electron chi connectivity index (χ4n) is 2.15. The van der Waals surface area contributed by atoms with Crippen LogP contribution in [0.3, 0.4) is 0 Å². The molecule has 3 heterocycles. The summed E-state index contributed by atoms with van der Waals surface area (Å²) in [6.45, 7) is 1.41. The third-order valence-electron chi connectivity index (χ3n) is 3.13. The van der Waals surface area contributed by atoms with Gasteiger partial charge in [-0.05, 0) is 29.5 Å². The Morgan fingerprint density at radius 3 is 3.00 bits per heavy atom. The Hall–Kier alpha value is -1.88. The predicted octanol–water partition coefficient (Wildman–Crippen LogP) is 1.63. The van der Waals surface area contributed by atoms with Crippen LogP contribution in [-0.2, 0) is 13.0 Å². The van der Waals surface area contributed by atoms with E-state index in [0.29, 0.717) is 12.1 Å². The average molecular weight is 260 g/mol. The lowest BCUT2D eigenvalue weighted by Crippen LogP contribution is -2.35. The molecule has 0 aromatic carbocycles. The van der Waals surface area contributed by atoms with Crippen molar-refractivity contribution < 1.29 is 4.79 Å². The van der Waals surface area contributed by atoms with Crippen LogP contribution in [0.1, 0.15) is 20.8 Å². The van der Waals surface area contributed by atoms with Gasteiger partial charge in [0.2, 0.25) is 5.56 Å². The first-order valence-corrected chi connectivity index (χ1v) is 6.65. The molecule has 1 aliphatic rings. The van der Waals surface area contributed by atoms with Crippen LogP contribution in [-0.4, -0.2) is 22.3 Å². The standard InChI is InChI=1S/C13H12N2O2S/c16-12-2-1-9(7-14-12)13(17)15-5-3-11-10(8-15)4-6-18-11/h1-2,4,6-7H,3,5,8H2,(H,14,16). The number of thiophene rings is 1. The number of amides is 1. The summed E-state index contributed by atoms with van der Waals surface area (Å²) in [5.74, 6) is -0.0249. The molecule has 0 bridgehead atoms. The van der Waals surface area contributed by atoms with Gasteiger partial charge in [0.25, 0.3) is 5.91 Å². The molecular formula is C13H12N2O2S. The summed E-state index contributed by atoms with van der Waals surface area (Å²) in [6.07, 6.45) is 2.40. The number of nitrogens with zero attached hydrogens (tertiary/aromatic N) is 1. The maximum absolute atomic E-state index is 12.2. The molecule has 1 aliphatic heterocycles. The van der Waals surface area contributed by atoms with Gasteiger partial charge >= 0.3 is 0 Å². The van der Waals surface area contributed by atoms with Gasteiger partial charge in [-0.1, -0.05) is 0 Å². The van der Waals surface area contributed by atoms with E-state index in [9.17, 15) is 9.59 Å². The lowest BCUT2D eigenvalue weighted by Gasteiger charge is -2.26. The summed E-state index contributed by atoms with van der Waals surface area (Å²) in [5.41, 5.74) is 1.59. The molecule has 0 saturated heterocycles. The molecule has 2 aromatic rings. The van der Waals surface area contributed by atoms with Gasteiger partial charge in [-0.3, -0.25) is 9.59 Å². The third kappa shape index (κ3) is 1.97. The van der Waals surface area contributed by atoms with Crippen LogP contribution in [0.4, 0.5) is 0 Å². The molecule has 0 saturated carbocycles. The highest BCUT2D eigenvalue weighted by Crippen LogP contribution is 2.24. The first kappa shape index (κ1) is 11.2. The molecule has 2 aromatic heterocycles. The Balaban J connectivity index is 1.82. The summed E-state index contributed by atoms with van der Waals surface area (Å²) >= 11 is 1.75. The van der Waals surface area contributed by atoms with Gasteiger partial charge in [-0.25, -0.2) is 0 Å². The van der Waals surface area contributed by atoms with Crippen LogP contribution in [0.15, 0.2) is 34.6 Å². The zero-order chi connectivity index (χ0) is 12.5. The van der Waals surface area contributed by atoms with Crippen molar-refractivity contribution in [2.45, 2.75) is 13.0 Å². The average Bonchev–Trinajstić information content (AvgIpc) is 2.86. The Morgan fingerprint density at radius 2 is 2.22 bits per heavy atom. The largest absolute Gasteiger partial charge is 0.334 e.